The molecule has 0 aliphatic rings. The number of halogens is 2. The first-order valence-electron chi connectivity index (χ1n) is 8.54. The monoisotopic (exact) mass is 419 g/mol. The van der Waals surface area contributed by atoms with Crippen LogP contribution in [0.3, 0.4) is 0 Å². The zero-order valence-corrected chi connectivity index (χ0v) is 16.8. The van der Waals surface area contributed by atoms with Gasteiger partial charge in [-0.25, -0.2) is 0 Å². The van der Waals surface area contributed by atoms with Crippen molar-refractivity contribution in [2.75, 3.05) is 5.32 Å². The lowest BCUT2D eigenvalue weighted by Gasteiger charge is -2.25. The maximum Gasteiger partial charge on any atom is 0.267 e. The van der Waals surface area contributed by atoms with Crippen molar-refractivity contribution in [3.05, 3.63) is 70.4 Å². The van der Waals surface area contributed by atoms with E-state index in [1.54, 1.807) is 68.4 Å². The number of furan rings is 1. The molecule has 0 unspecified atom stereocenters. The SMILES string of the molecule is CC(C)(Oc1ccc(Cl)cc1)C(=O)Nc1ccc(-c2ccc(CO)o2)c(Cl)c1. The van der Waals surface area contributed by atoms with Crippen LogP contribution in [0.15, 0.2) is 59.0 Å². The Labute approximate surface area is 172 Å². The van der Waals surface area contributed by atoms with E-state index in [4.69, 9.17) is 37.5 Å². The van der Waals surface area contributed by atoms with Gasteiger partial charge in [-0.15, -0.1) is 0 Å². The summed E-state index contributed by atoms with van der Waals surface area (Å²) in [6.07, 6.45) is 0. The summed E-state index contributed by atoms with van der Waals surface area (Å²) in [5.74, 6) is 1.20. The summed E-state index contributed by atoms with van der Waals surface area (Å²) in [6.45, 7) is 3.16. The first kappa shape index (κ1) is 20.3. The van der Waals surface area contributed by atoms with Crippen molar-refractivity contribution < 1.29 is 19.1 Å². The molecule has 7 heteroatoms. The van der Waals surface area contributed by atoms with Gasteiger partial charge < -0.3 is 19.6 Å². The van der Waals surface area contributed by atoms with Gasteiger partial charge in [-0.1, -0.05) is 23.2 Å². The van der Waals surface area contributed by atoms with E-state index in [2.05, 4.69) is 5.32 Å². The highest BCUT2D eigenvalue weighted by molar-refractivity contribution is 6.33. The summed E-state index contributed by atoms with van der Waals surface area (Å²) in [7, 11) is 0. The van der Waals surface area contributed by atoms with E-state index in [1.807, 2.05) is 0 Å². The van der Waals surface area contributed by atoms with Crippen LogP contribution in [0.2, 0.25) is 10.0 Å². The molecule has 2 N–H and O–H groups in total. The zero-order chi connectivity index (χ0) is 20.3. The molecule has 3 rings (SSSR count). The molecule has 0 aliphatic carbocycles. The van der Waals surface area contributed by atoms with Gasteiger partial charge in [0.25, 0.3) is 5.91 Å². The topological polar surface area (TPSA) is 71.7 Å². The summed E-state index contributed by atoms with van der Waals surface area (Å²) in [5, 5.41) is 12.9. The average Bonchev–Trinajstić information content (AvgIpc) is 3.12. The molecule has 0 saturated heterocycles. The molecule has 0 atom stereocenters. The lowest BCUT2D eigenvalue weighted by molar-refractivity contribution is -0.128. The average molecular weight is 420 g/mol. The Balaban J connectivity index is 1.72. The van der Waals surface area contributed by atoms with Gasteiger partial charge >= 0.3 is 0 Å². The van der Waals surface area contributed by atoms with Crippen LogP contribution in [-0.2, 0) is 11.4 Å². The van der Waals surface area contributed by atoms with Crippen molar-refractivity contribution in [3.8, 4) is 17.1 Å². The number of rotatable bonds is 6. The van der Waals surface area contributed by atoms with Crippen LogP contribution in [-0.4, -0.2) is 16.6 Å². The number of anilines is 1. The largest absolute Gasteiger partial charge is 0.478 e. The van der Waals surface area contributed by atoms with Crippen molar-refractivity contribution in [1.82, 2.24) is 0 Å². The molecule has 1 amide bonds. The highest BCUT2D eigenvalue weighted by Crippen LogP contribution is 2.32. The van der Waals surface area contributed by atoms with E-state index in [0.717, 1.165) is 0 Å². The third-order valence-corrected chi connectivity index (χ3v) is 4.61. The third-order valence-electron chi connectivity index (χ3n) is 4.04. The zero-order valence-electron chi connectivity index (χ0n) is 15.3. The number of carbonyl (C=O) groups excluding carboxylic acids is 1. The van der Waals surface area contributed by atoms with Crippen molar-refractivity contribution >= 4 is 34.8 Å². The summed E-state index contributed by atoms with van der Waals surface area (Å²) < 4.78 is 11.3. The molecule has 5 nitrogen and oxygen atoms in total. The van der Waals surface area contributed by atoms with Gasteiger partial charge in [0.15, 0.2) is 5.60 Å². The smallest absolute Gasteiger partial charge is 0.267 e. The van der Waals surface area contributed by atoms with Crippen LogP contribution in [0.25, 0.3) is 11.3 Å². The number of aliphatic hydroxyl groups excluding tert-OH is 1. The van der Waals surface area contributed by atoms with Crippen molar-refractivity contribution in [1.29, 1.82) is 0 Å². The predicted octanol–water partition coefficient (Wildman–Crippen LogP) is 5.54. The van der Waals surface area contributed by atoms with Gasteiger partial charge in [-0.05, 0) is 68.4 Å². The summed E-state index contributed by atoms with van der Waals surface area (Å²) in [6, 6.07) is 15.3. The number of ether oxygens (including phenoxy) is 1. The quantitative estimate of drug-likeness (QED) is 0.549. The van der Waals surface area contributed by atoms with Gasteiger partial charge in [0.1, 0.15) is 23.9 Å². The molecule has 1 heterocycles. The highest BCUT2D eigenvalue weighted by atomic mass is 35.5. The van der Waals surface area contributed by atoms with E-state index >= 15 is 0 Å². The number of nitrogens with one attached hydrogen (secondary N) is 1. The number of hydrogen-bond acceptors (Lipinski definition) is 4. The molecule has 28 heavy (non-hydrogen) atoms. The Hall–Kier alpha value is -2.47. The molecule has 0 bridgehead atoms. The number of benzene rings is 2. The van der Waals surface area contributed by atoms with Gasteiger partial charge in [0.05, 0.1) is 5.02 Å². The second-order valence-electron chi connectivity index (χ2n) is 6.64. The molecule has 0 fully saturated rings. The van der Waals surface area contributed by atoms with Crippen molar-refractivity contribution in [2.24, 2.45) is 0 Å². The lowest BCUT2D eigenvalue weighted by atomic mass is 10.1. The minimum Gasteiger partial charge on any atom is -0.478 e. The second kappa shape index (κ2) is 8.27. The van der Waals surface area contributed by atoms with E-state index in [9.17, 15) is 4.79 Å². The first-order chi connectivity index (χ1) is 13.3. The van der Waals surface area contributed by atoms with Crippen LogP contribution in [0, 0.1) is 0 Å². The van der Waals surface area contributed by atoms with Gasteiger partial charge in [0, 0.05) is 16.3 Å². The number of hydrogen-bond donors (Lipinski definition) is 2. The van der Waals surface area contributed by atoms with Gasteiger partial charge in [0.2, 0.25) is 0 Å². The van der Waals surface area contributed by atoms with Crippen LogP contribution in [0.1, 0.15) is 19.6 Å². The van der Waals surface area contributed by atoms with E-state index in [1.165, 1.54) is 0 Å². The molecular weight excluding hydrogens is 401 g/mol. The molecule has 0 saturated carbocycles. The maximum atomic E-state index is 12.7. The van der Waals surface area contributed by atoms with Gasteiger partial charge in [-0.2, -0.15) is 0 Å². The number of amides is 1. The van der Waals surface area contributed by atoms with Crippen molar-refractivity contribution in [3.63, 3.8) is 0 Å². The minimum atomic E-state index is -1.12. The summed E-state index contributed by atoms with van der Waals surface area (Å²) >= 11 is 12.2. The fraction of sp³-hybridized carbons (Fsp3) is 0.190. The number of aliphatic hydroxyl groups is 1. The van der Waals surface area contributed by atoms with Crippen molar-refractivity contribution in [2.45, 2.75) is 26.1 Å². The Morgan fingerprint density at radius 2 is 1.82 bits per heavy atom. The van der Waals surface area contributed by atoms with Crippen LogP contribution >= 0.6 is 23.2 Å². The molecule has 1 aromatic heterocycles. The standard InChI is InChI=1S/C21H19Cl2NO4/c1-21(2,28-15-6-3-13(22)4-7-15)20(26)24-14-5-9-17(18(23)11-14)19-10-8-16(12-25)27-19/h3-11,25H,12H2,1-2H3,(H,24,26). The van der Waals surface area contributed by atoms with Gasteiger partial charge in [-0.3, -0.25) is 4.79 Å². The molecular formula is C21H19Cl2NO4. The maximum absolute atomic E-state index is 12.7. The molecule has 0 radical (unpaired) electrons. The fourth-order valence-electron chi connectivity index (χ4n) is 2.53. The molecule has 0 spiro atoms. The van der Waals surface area contributed by atoms with E-state index in [-0.39, 0.29) is 12.5 Å². The number of carbonyl (C=O) groups is 1. The Morgan fingerprint density at radius 3 is 2.43 bits per heavy atom. The molecule has 2 aromatic carbocycles. The lowest BCUT2D eigenvalue weighted by Crippen LogP contribution is -2.42. The minimum absolute atomic E-state index is 0.186. The molecule has 3 aromatic rings. The highest BCUT2D eigenvalue weighted by Gasteiger charge is 2.30. The Morgan fingerprint density at radius 1 is 1.11 bits per heavy atom. The third kappa shape index (κ3) is 4.68. The molecule has 0 aliphatic heterocycles. The Bertz CT molecular complexity index is 980. The summed E-state index contributed by atoms with van der Waals surface area (Å²) in [4.78, 5) is 12.7. The summed E-state index contributed by atoms with van der Waals surface area (Å²) in [5.41, 5.74) is 0.0761. The van der Waals surface area contributed by atoms with E-state index < -0.39 is 5.60 Å². The molecule has 146 valence electrons. The second-order valence-corrected chi connectivity index (χ2v) is 7.48. The van der Waals surface area contributed by atoms with E-state index in [0.29, 0.717) is 38.6 Å². The fourth-order valence-corrected chi connectivity index (χ4v) is 2.93. The van der Waals surface area contributed by atoms with Crippen LogP contribution < -0.4 is 10.1 Å². The first-order valence-corrected chi connectivity index (χ1v) is 9.29. The van der Waals surface area contributed by atoms with Crippen LogP contribution in [0.5, 0.6) is 5.75 Å². The van der Waals surface area contributed by atoms with Crippen LogP contribution in [0.4, 0.5) is 5.69 Å². The normalized spacial score (nSPS) is 11.3. The predicted molar refractivity (Wildman–Crippen MR) is 110 cm³/mol. The Kier molecular flexibility index (Phi) is 5.98.